The molecule has 46 heavy (non-hydrogen) atoms. The molecule has 4 nitrogen and oxygen atoms in total. The van der Waals surface area contributed by atoms with Crippen molar-refractivity contribution in [3.05, 3.63) is 144 Å². The SMILES string of the molecule is CC(C)(C)c1cc(C#N)c(C#N)cc1-n1c2ccccc2c2c(-c3ccc4c(c3)c3ccccc3n4-c3ccccc3)cccc21. The standard InChI is InChI=1S/C42H30N4/c1-42(2,3)35-23-28(25-43)29(26-44)24-40(35)46-37-18-10-8-15-33(37)41-31(16-11-19-39(41)46)27-20-21-38-34(22-27)32-14-7-9-17-36(32)45(38)30-12-5-4-6-13-30/h4-24H,1-3H3. The molecule has 0 saturated heterocycles. The van der Waals surface area contributed by atoms with E-state index in [1.807, 2.05) is 12.1 Å². The fraction of sp³-hybridized carbons (Fsp3) is 0.0952. The van der Waals surface area contributed by atoms with Gasteiger partial charge in [-0.3, -0.25) is 0 Å². The van der Waals surface area contributed by atoms with Crippen molar-refractivity contribution in [2.75, 3.05) is 0 Å². The predicted molar refractivity (Wildman–Crippen MR) is 189 cm³/mol. The van der Waals surface area contributed by atoms with Crippen LogP contribution in [-0.4, -0.2) is 9.13 Å². The molecule has 0 fully saturated rings. The molecule has 0 atom stereocenters. The molecule has 6 aromatic carbocycles. The molecule has 0 radical (unpaired) electrons. The molecule has 0 aliphatic carbocycles. The third-order valence-corrected chi connectivity index (χ3v) is 9.12. The molecule has 4 heteroatoms. The van der Waals surface area contributed by atoms with E-state index in [4.69, 9.17) is 0 Å². The lowest BCUT2D eigenvalue weighted by atomic mass is 9.83. The van der Waals surface area contributed by atoms with Crippen molar-refractivity contribution in [3.63, 3.8) is 0 Å². The topological polar surface area (TPSA) is 57.4 Å². The largest absolute Gasteiger partial charge is 0.309 e. The van der Waals surface area contributed by atoms with E-state index in [9.17, 15) is 10.5 Å². The zero-order chi connectivity index (χ0) is 31.6. The molecular formula is C42H30N4. The number of hydrogen-bond donors (Lipinski definition) is 0. The van der Waals surface area contributed by atoms with Crippen molar-refractivity contribution in [2.24, 2.45) is 0 Å². The van der Waals surface area contributed by atoms with E-state index in [0.717, 1.165) is 49.9 Å². The molecule has 0 unspecified atom stereocenters. The quantitative estimate of drug-likeness (QED) is 0.205. The molecule has 0 saturated carbocycles. The molecule has 2 heterocycles. The number of aromatic nitrogens is 2. The van der Waals surface area contributed by atoms with Crippen molar-refractivity contribution in [2.45, 2.75) is 26.2 Å². The summed E-state index contributed by atoms with van der Waals surface area (Å²) in [7, 11) is 0. The normalized spacial score (nSPS) is 11.8. The highest BCUT2D eigenvalue weighted by atomic mass is 15.0. The Morgan fingerprint density at radius 1 is 0.522 bits per heavy atom. The maximum Gasteiger partial charge on any atom is 0.101 e. The number of nitrogens with zero attached hydrogens (tertiary/aromatic N) is 4. The van der Waals surface area contributed by atoms with E-state index in [1.165, 1.54) is 21.8 Å². The number of para-hydroxylation sites is 3. The summed E-state index contributed by atoms with van der Waals surface area (Å²) in [5.74, 6) is 0. The number of benzene rings is 6. The average molecular weight is 591 g/mol. The Labute approximate surface area is 267 Å². The van der Waals surface area contributed by atoms with Crippen molar-refractivity contribution >= 4 is 43.6 Å². The smallest absolute Gasteiger partial charge is 0.101 e. The van der Waals surface area contributed by atoms with Gasteiger partial charge in [0.15, 0.2) is 0 Å². The predicted octanol–water partition coefficient (Wildman–Crippen LogP) is 10.6. The first kappa shape index (κ1) is 27.4. The highest BCUT2D eigenvalue weighted by molar-refractivity contribution is 6.17. The maximum absolute atomic E-state index is 10.0. The second-order valence-corrected chi connectivity index (χ2v) is 12.9. The molecule has 0 N–H and O–H groups in total. The van der Waals surface area contributed by atoms with Crippen LogP contribution in [0.25, 0.3) is 66.1 Å². The summed E-state index contributed by atoms with van der Waals surface area (Å²) >= 11 is 0. The Balaban J connectivity index is 1.44. The van der Waals surface area contributed by atoms with Crippen LogP contribution in [0, 0.1) is 22.7 Å². The summed E-state index contributed by atoms with van der Waals surface area (Å²) in [6.07, 6.45) is 0. The van der Waals surface area contributed by atoms with E-state index in [0.29, 0.717) is 11.1 Å². The monoisotopic (exact) mass is 590 g/mol. The second-order valence-electron chi connectivity index (χ2n) is 12.9. The third kappa shape index (κ3) is 4.05. The van der Waals surface area contributed by atoms with Gasteiger partial charge in [0.1, 0.15) is 12.1 Å². The molecule has 8 rings (SSSR count). The summed E-state index contributed by atoms with van der Waals surface area (Å²) in [6, 6.07) is 49.2. The van der Waals surface area contributed by atoms with Gasteiger partial charge in [-0.15, -0.1) is 0 Å². The Kier molecular flexibility index (Phi) is 6.11. The summed E-state index contributed by atoms with van der Waals surface area (Å²) in [5, 5.41) is 24.6. The molecule has 218 valence electrons. The Morgan fingerprint density at radius 3 is 1.85 bits per heavy atom. The Morgan fingerprint density at radius 2 is 1.13 bits per heavy atom. The van der Waals surface area contributed by atoms with Crippen LogP contribution in [0.4, 0.5) is 0 Å². The second kappa shape index (κ2) is 10.2. The fourth-order valence-corrected chi connectivity index (χ4v) is 7.07. The number of fused-ring (bicyclic) bond motifs is 6. The molecule has 2 aromatic heterocycles. The van der Waals surface area contributed by atoms with Crippen LogP contribution < -0.4 is 0 Å². The molecule has 0 amide bonds. The minimum Gasteiger partial charge on any atom is -0.309 e. The van der Waals surface area contributed by atoms with Crippen LogP contribution in [-0.2, 0) is 5.41 Å². The van der Waals surface area contributed by atoms with Crippen molar-refractivity contribution in [1.29, 1.82) is 10.5 Å². The zero-order valence-electron chi connectivity index (χ0n) is 25.9. The first-order valence-corrected chi connectivity index (χ1v) is 15.5. The lowest BCUT2D eigenvalue weighted by molar-refractivity contribution is 0.587. The first-order chi connectivity index (χ1) is 22.4. The lowest BCUT2D eigenvalue weighted by Crippen LogP contribution is -2.16. The van der Waals surface area contributed by atoms with Gasteiger partial charge in [0.05, 0.1) is 38.9 Å². The summed E-state index contributed by atoms with van der Waals surface area (Å²) < 4.78 is 4.61. The number of rotatable bonds is 3. The lowest BCUT2D eigenvalue weighted by Gasteiger charge is -2.25. The number of nitriles is 2. The van der Waals surface area contributed by atoms with Crippen molar-refractivity contribution in [3.8, 4) is 34.6 Å². The van der Waals surface area contributed by atoms with Crippen LogP contribution in [0.1, 0.15) is 37.5 Å². The van der Waals surface area contributed by atoms with Gasteiger partial charge in [-0.05, 0) is 76.7 Å². The maximum atomic E-state index is 10.0. The Hall–Kier alpha value is -6.10. The Bertz CT molecular complexity index is 2580. The highest BCUT2D eigenvalue weighted by Crippen LogP contribution is 2.42. The van der Waals surface area contributed by atoms with E-state index < -0.39 is 0 Å². The average Bonchev–Trinajstić information content (AvgIpc) is 3.60. The molecule has 0 aliphatic heterocycles. The number of hydrogen-bond acceptors (Lipinski definition) is 2. The summed E-state index contributed by atoms with van der Waals surface area (Å²) in [6.45, 7) is 6.46. The van der Waals surface area contributed by atoms with Crippen molar-refractivity contribution < 1.29 is 0 Å². The molecule has 8 aromatic rings. The van der Waals surface area contributed by atoms with E-state index in [1.54, 1.807) is 0 Å². The first-order valence-electron chi connectivity index (χ1n) is 15.5. The van der Waals surface area contributed by atoms with E-state index in [2.05, 4.69) is 157 Å². The molecule has 0 bridgehead atoms. The minimum atomic E-state index is -0.262. The summed E-state index contributed by atoms with van der Waals surface area (Å²) in [4.78, 5) is 0. The van der Waals surface area contributed by atoms with E-state index >= 15 is 0 Å². The van der Waals surface area contributed by atoms with Gasteiger partial charge < -0.3 is 9.13 Å². The fourth-order valence-electron chi connectivity index (χ4n) is 7.07. The van der Waals surface area contributed by atoms with Crippen molar-refractivity contribution in [1.82, 2.24) is 9.13 Å². The van der Waals surface area contributed by atoms with Gasteiger partial charge in [0.2, 0.25) is 0 Å². The van der Waals surface area contributed by atoms with Gasteiger partial charge in [-0.25, -0.2) is 0 Å². The van der Waals surface area contributed by atoms with Gasteiger partial charge in [-0.2, -0.15) is 10.5 Å². The van der Waals surface area contributed by atoms with Crippen LogP contribution in [0.5, 0.6) is 0 Å². The van der Waals surface area contributed by atoms with Gasteiger partial charge in [-0.1, -0.05) is 93.6 Å². The van der Waals surface area contributed by atoms with Gasteiger partial charge in [0, 0.05) is 27.2 Å². The summed E-state index contributed by atoms with van der Waals surface area (Å²) in [5.41, 5.74) is 10.4. The third-order valence-electron chi connectivity index (χ3n) is 9.12. The highest BCUT2D eigenvalue weighted by Gasteiger charge is 2.25. The van der Waals surface area contributed by atoms with Crippen LogP contribution in [0.3, 0.4) is 0 Å². The zero-order valence-corrected chi connectivity index (χ0v) is 25.9. The molecular weight excluding hydrogens is 560 g/mol. The minimum absolute atomic E-state index is 0.262. The molecule has 0 spiro atoms. The van der Waals surface area contributed by atoms with Crippen LogP contribution in [0.15, 0.2) is 127 Å². The van der Waals surface area contributed by atoms with Gasteiger partial charge in [0.25, 0.3) is 0 Å². The van der Waals surface area contributed by atoms with Gasteiger partial charge >= 0.3 is 0 Å². The molecule has 0 aliphatic rings. The van der Waals surface area contributed by atoms with Crippen LogP contribution >= 0.6 is 0 Å². The van der Waals surface area contributed by atoms with Crippen LogP contribution in [0.2, 0.25) is 0 Å². The van der Waals surface area contributed by atoms with E-state index in [-0.39, 0.29) is 5.41 Å².